The predicted octanol–water partition coefficient (Wildman–Crippen LogP) is 3.97. The summed E-state index contributed by atoms with van der Waals surface area (Å²) in [5, 5.41) is 23.7. The van der Waals surface area contributed by atoms with Crippen LogP contribution in [-0.2, 0) is 9.59 Å². The van der Waals surface area contributed by atoms with Gasteiger partial charge in [0.05, 0.1) is 24.8 Å². The third-order valence-corrected chi connectivity index (χ3v) is 6.08. The standard InChI is InChI=1S/C27H37N3O8/c1-4-7-8-9-21(20(6-3)25(32)30-36)24(31)28-16-29-26(33)23-11-10-22(38-23)17-13-18(27(34)35)15-19(14-17)37-12-5-2/h10-11,13-15,20-21,36H,4-9,12,16H2,1-3H3,(H,28,31)(H,29,33)(H,30,32)(H,34,35)/t20-,21-/m1/s1. The molecule has 0 aliphatic carbocycles. The number of hydrogen-bond donors (Lipinski definition) is 5. The summed E-state index contributed by atoms with van der Waals surface area (Å²) in [7, 11) is 0. The number of ether oxygens (including phenoxy) is 1. The van der Waals surface area contributed by atoms with Gasteiger partial charge >= 0.3 is 5.97 Å². The first-order chi connectivity index (χ1) is 18.2. The number of rotatable bonds is 16. The SMILES string of the molecule is CCCCC[C@@H](C(=O)NCNC(=O)c1ccc(-c2cc(OCCC)cc(C(=O)O)c2)o1)[C@@H](CC)C(=O)NO. The zero-order valence-corrected chi connectivity index (χ0v) is 22.0. The van der Waals surface area contributed by atoms with Gasteiger partial charge in [0.1, 0.15) is 11.5 Å². The monoisotopic (exact) mass is 531 g/mol. The number of aromatic carboxylic acids is 1. The van der Waals surface area contributed by atoms with E-state index in [2.05, 4.69) is 10.6 Å². The Hall–Kier alpha value is -3.86. The minimum Gasteiger partial charge on any atom is -0.494 e. The zero-order valence-electron chi connectivity index (χ0n) is 22.0. The summed E-state index contributed by atoms with van der Waals surface area (Å²) in [6, 6.07) is 7.46. The lowest BCUT2D eigenvalue weighted by molar-refractivity contribution is -0.140. The fourth-order valence-corrected chi connectivity index (χ4v) is 4.08. The van der Waals surface area contributed by atoms with Crippen molar-refractivity contribution < 1.29 is 38.6 Å². The van der Waals surface area contributed by atoms with E-state index < -0.39 is 35.5 Å². The van der Waals surface area contributed by atoms with Crippen LogP contribution in [0.4, 0.5) is 0 Å². The molecule has 0 radical (unpaired) electrons. The van der Waals surface area contributed by atoms with E-state index in [1.165, 1.54) is 18.2 Å². The molecule has 2 rings (SSSR count). The molecule has 2 aromatic rings. The highest BCUT2D eigenvalue weighted by atomic mass is 16.5. The van der Waals surface area contributed by atoms with Crippen molar-refractivity contribution in [1.82, 2.24) is 16.1 Å². The zero-order chi connectivity index (χ0) is 28.1. The number of carbonyl (C=O) groups is 4. The van der Waals surface area contributed by atoms with Gasteiger partial charge in [-0.25, -0.2) is 10.3 Å². The molecule has 0 fully saturated rings. The molecule has 0 saturated heterocycles. The molecular formula is C27H37N3O8. The summed E-state index contributed by atoms with van der Waals surface area (Å²) >= 11 is 0. The Morgan fingerprint density at radius 1 is 0.947 bits per heavy atom. The Labute approximate surface area is 221 Å². The molecule has 3 amide bonds. The minimum absolute atomic E-state index is 0.0208. The van der Waals surface area contributed by atoms with E-state index in [-0.39, 0.29) is 23.8 Å². The number of carboxylic acid groups (broad SMARTS) is 1. The van der Waals surface area contributed by atoms with Crippen molar-refractivity contribution in [2.45, 2.75) is 59.3 Å². The quantitative estimate of drug-likeness (QED) is 0.0939. The predicted molar refractivity (Wildman–Crippen MR) is 139 cm³/mol. The van der Waals surface area contributed by atoms with E-state index in [1.54, 1.807) is 24.5 Å². The van der Waals surface area contributed by atoms with Gasteiger partial charge in [0.15, 0.2) is 5.76 Å². The molecule has 2 atom stereocenters. The van der Waals surface area contributed by atoms with Gasteiger partial charge in [0.2, 0.25) is 11.8 Å². The summed E-state index contributed by atoms with van der Waals surface area (Å²) in [5.74, 6) is -3.46. The second kappa shape index (κ2) is 15.4. The third-order valence-electron chi connectivity index (χ3n) is 6.08. The van der Waals surface area contributed by atoms with Crippen LogP contribution >= 0.6 is 0 Å². The molecule has 5 N–H and O–H groups in total. The summed E-state index contributed by atoms with van der Waals surface area (Å²) in [5.41, 5.74) is 2.09. The lowest BCUT2D eigenvalue weighted by Crippen LogP contribution is -2.44. The maximum atomic E-state index is 12.9. The average molecular weight is 532 g/mol. The molecule has 1 aromatic heterocycles. The molecular weight excluding hydrogens is 494 g/mol. The van der Waals surface area contributed by atoms with Crippen LogP contribution in [0.2, 0.25) is 0 Å². The van der Waals surface area contributed by atoms with Gasteiger partial charge in [-0.1, -0.05) is 40.0 Å². The molecule has 1 aromatic carbocycles. The van der Waals surface area contributed by atoms with Crippen molar-refractivity contribution >= 4 is 23.7 Å². The van der Waals surface area contributed by atoms with Gasteiger partial charge in [0.25, 0.3) is 5.91 Å². The Balaban J connectivity index is 2.06. The van der Waals surface area contributed by atoms with Crippen molar-refractivity contribution in [3.63, 3.8) is 0 Å². The minimum atomic E-state index is -1.12. The fraction of sp³-hybridized carbons (Fsp3) is 0.481. The van der Waals surface area contributed by atoms with E-state index in [0.717, 1.165) is 25.7 Å². The molecule has 0 aliphatic rings. The largest absolute Gasteiger partial charge is 0.494 e. The second-order valence-electron chi connectivity index (χ2n) is 8.88. The number of unbranched alkanes of at least 4 members (excludes halogenated alkanes) is 2. The number of nitrogens with one attached hydrogen (secondary N) is 3. The van der Waals surface area contributed by atoms with Crippen molar-refractivity contribution in [2.24, 2.45) is 11.8 Å². The molecule has 11 heteroatoms. The van der Waals surface area contributed by atoms with Gasteiger partial charge in [-0.15, -0.1) is 0 Å². The van der Waals surface area contributed by atoms with Gasteiger partial charge in [0, 0.05) is 11.5 Å². The number of amides is 3. The van der Waals surface area contributed by atoms with Crippen LogP contribution in [0.3, 0.4) is 0 Å². The smallest absolute Gasteiger partial charge is 0.335 e. The van der Waals surface area contributed by atoms with E-state index >= 15 is 0 Å². The Morgan fingerprint density at radius 2 is 1.71 bits per heavy atom. The summed E-state index contributed by atoms with van der Waals surface area (Å²) in [6.45, 7) is 5.95. The van der Waals surface area contributed by atoms with Crippen LogP contribution in [0, 0.1) is 11.8 Å². The van der Waals surface area contributed by atoms with E-state index in [1.807, 2.05) is 13.8 Å². The molecule has 11 nitrogen and oxygen atoms in total. The second-order valence-corrected chi connectivity index (χ2v) is 8.88. The lowest BCUT2D eigenvalue weighted by Gasteiger charge is -2.24. The molecule has 0 aliphatic heterocycles. The van der Waals surface area contributed by atoms with Crippen LogP contribution in [-0.4, -0.2) is 47.3 Å². The molecule has 1 heterocycles. The van der Waals surface area contributed by atoms with Gasteiger partial charge < -0.3 is 24.9 Å². The average Bonchev–Trinajstić information content (AvgIpc) is 3.41. The van der Waals surface area contributed by atoms with E-state index in [0.29, 0.717) is 30.8 Å². The number of carboxylic acids is 1. The lowest BCUT2D eigenvalue weighted by atomic mass is 9.84. The summed E-state index contributed by atoms with van der Waals surface area (Å²) in [6.07, 6.45) is 4.19. The van der Waals surface area contributed by atoms with Crippen LogP contribution in [0.25, 0.3) is 11.3 Å². The highest BCUT2D eigenvalue weighted by Gasteiger charge is 2.32. The van der Waals surface area contributed by atoms with E-state index in [9.17, 15) is 24.3 Å². The maximum absolute atomic E-state index is 12.9. The third kappa shape index (κ3) is 8.62. The van der Waals surface area contributed by atoms with Crippen LogP contribution < -0.4 is 20.9 Å². The van der Waals surface area contributed by atoms with Gasteiger partial charge in [-0.3, -0.25) is 19.6 Å². The van der Waals surface area contributed by atoms with Crippen LogP contribution in [0.5, 0.6) is 5.75 Å². The summed E-state index contributed by atoms with van der Waals surface area (Å²) < 4.78 is 11.2. The highest BCUT2D eigenvalue weighted by Crippen LogP contribution is 2.28. The number of hydrogen-bond acceptors (Lipinski definition) is 7. The first-order valence-corrected chi connectivity index (χ1v) is 12.9. The van der Waals surface area contributed by atoms with Crippen molar-refractivity contribution in [1.29, 1.82) is 0 Å². The Bertz CT molecular complexity index is 1100. The summed E-state index contributed by atoms with van der Waals surface area (Å²) in [4.78, 5) is 49.0. The molecule has 0 spiro atoms. The van der Waals surface area contributed by atoms with Crippen molar-refractivity contribution in [3.8, 4) is 17.1 Å². The first-order valence-electron chi connectivity index (χ1n) is 12.9. The van der Waals surface area contributed by atoms with Gasteiger partial charge in [-0.2, -0.15) is 0 Å². The fourth-order valence-electron chi connectivity index (χ4n) is 4.08. The number of hydroxylamine groups is 1. The Morgan fingerprint density at radius 3 is 2.34 bits per heavy atom. The topological polar surface area (TPSA) is 167 Å². The van der Waals surface area contributed by atoms with Crippen molar-refractivity contribution in [2.75, 3.05) is 13.3 Å². The Kier molecular flexibility index (Phi) is 12.3. The molecule has 38 heavy (non-hydrogen) atoms. The van der Waals surface area contributed by atoms with Crippen LogP contribution in [0.1, 0.15) is 80.2 Å². The van der Waals surface area contributed by atoms with Gasteiger partial charge in [-0.05, 0) is 49.6 Å². The number of carbonyl (C=O) groups excluding carboxylic acids is 3. The maximum Gasteiger partial charge on any atom is 0.335 e. The normalized spacial score (nSPS) is 12.3. The number of benzene rings is 1. The molecule has 208 valence electrons. The molecule has 0 saturated carbocycles. The van der Waals surface area contributed by atoms with Crippen molar-refractivity contribution in [3.05, 3.63) is 41.7 Å². The highest BCUT2D eigenvalue weighted by molar-refractivity contribution is 5.93. The van der Waals surface area contributed by atoms with Crippen LogP contribution in [0.15, 0.2) is 34.7 Å². The molecule has 0 unspecified atom stereocenters. The van der Waals surface area contributed by atoms with E-state index in [4.69, 9.17) is 14.4 Å². The molecule has 0 bridgehead atoms. The first kappa shape index (κ1) is 30.4. The number of furan rings is 1.